The van der Waals surface area contributed by atoms with Crippen LogP contribution in [0.5, 0.6) is 0 Å². The van der Waals surface area contributed by atoms with Crippen molar-refractivity contribution in [3.63, 3.8) is 0 Å². The van der Waals surface area contributed by atoms with Crippen LogP contribution in [0.2, 0.25) is 0 Å². The first-order valence-electron chi connectivity index (χ1n) is 6.07. The Balaban J connectivity index is 2.66. The number of carbonyl (C=O) groups excluding carboxylic acids is 1. The summed E-state index contributed by atoms with van der Waals surface area (Å²) in [5.41, 5.74) is 0.234. The summed E-state index contributed by atoms with van der Waals surface area (Å²) in [5.74, 6) is -3.33. The van der Waals surface area contributed by atoms with E-state index in [9.17, 15) is 18.8 Å². The molecule has 0 aliphatic carbocycles. The van der Waals surface area contributed by atoms with Crippen molar-refractivity contribution in [3.05, 3.63) is 35.6 Å². The van der Waals surface area contributed by atoms with E-state index in [1.165, 1.54) is 25.1 Å². The van der Waals surface area contributed by atoms with Crippen LogP contribution in [0, 0.1) is 5.82 Å². The summed E-state index contributed by atoms with van der Waals surface area (Å²) in [6.45, 7) is 1.52. The van der Waals surface area contributed by atoms with Crippen molar-refractivity contribution < 1.29 is 29.0 Å². The van der Waals surface area contributed by atoms with Gasteiger partial charge >= 0.3 is 18.0 Å². The highest BCUT2D eigenvalue weighted by Crippen LogP contribution is 2.15. The minimum absolute atomic E-state index is 0.234. The Labute approximate surface area is 119 Å². The largest absolute Gasteiger partial charge is 0.481 e. The molecule has 0 heterocycles. The molecule has 4 N–H and O–H groups in total. The molecule has 2 atom stereocenters. The molecule has 1 rings (SSSR count). The Morgan fingerprint density at radius 1 is 1.19 bits per heavy atom. The molecule has 2 amide bonds. The predicted octanol–water partition coefficient (Wildman–Crippen LogP) is 1.11. The van der Waals surface area contributed by atoms with Crippen molar-refractivity contribution >= 4 is 18.0 Å². The first-order chi connectivity index (χ1) is 9.81. The van der Waals surface area contributed by atoms with Crippen LogP contribution in [-0.4, -0.2) is 34.2 Å². The molecule has 0 radical (unpaired) electrons. The lowest BCUT2D eigenvalue weighted by Gasteiger charge is -2.18. The summed E-state index contributed by atoms with van der Waals surface area (Å²) in [6.07, 6.45) is -0.753. The van der Waals surface area contributed by atoms with Crippen LogP contribution in [0.3, 0.4) is 0 Å². The highest BCUT2D eigenvalue weighted by atomic mass is 19.1. The quantitative estimate of drug-likeness (QED) is 0.628. The predicted molar refractivity (Wildman–Crippen MR) is 70.2 cm³/mol. The van der Waals surface area contributed by atoms with Gasteiger partial charge in [-0.25, -0.2) is 14.0 Å². The Hall–Kier alpha value is -2.64. The minimum Gasteiger partial charge on any atom is -0.481 e. The molecule has 1 aromatic rings. The van der Waals surface area contributed by atoms with E-state index in [0.29, 0.717) is 0 Å². The highest BCUT2D eigenvalue weighted by Gasteiger charge is 2.24. The van der Waals surface area contributed by atoms with E-state index >= 15 is 0 Å². The average molecular weight is 298 g/mol. The molecular formula is C13H15FN2O5. The van der Waals surface area contributed by atoms with Crippen LogP contribution in [0.4, 0.5) is 9.18 Å². The van der Waals surface area contributed by atoms with Crippen LogP contribution in [0.1, 0.15) is 24.9 Å². The van der Waals surface area contributed by atoms with Gasteiger partial charge < -0.3 is 20.8 Å². The van der Waals surface area contributed by atoms with Gasteiger partial charge in [-0.05, 0) is 13.0 Å². The normalized spacial score (nSPS) is 13.0. The highest BCUT2D eigenvalue weighted by molar-refractivity contribution is 5.86. The smallest absolute Gasteiger partial charge is 0.326 e. The molecule has 1 unspecified atom stereocenters. The lowest BCUT2D eigenvalue weighted by atomic mass is 10.1. The van der Waals surface area contributed by atoms with Gasteiger partial charge in [0.25, 0.3) is 0 Å². The van der Waals surface area contributed by atoms with Gasteiger partial charge in [-0.3, -0.25) is 4.79 Å². The maximum Gasteiger partial charge on any atom is 0.326 e. The maximum atomic E-state index is 13.5. The number of carboxylic acids is 2. The van der Waals surface area contributed by atoms with Crippen molar-refractivity contribution in [1.82, 2.24) is 10.6 Å². The molecule has 21 heavy (non-hydrogen) atoms. The van der Waals surface area contributed by atoms with E-state index in [1.807, 2.05) is 5.32 Å². The zero-order valence-corrected chi connectivity index (χ0v) is 11.2. The molecular weight excluding hydrogens is 283 g/mol. The van der Waals surface area contributed by atoms with Crippen molar-refractivity contribution in [2.24, 2.45) is 0 Å². The maximum absolute atomic E-state index is 13.5. The number of hydrogen-bond donors (Lipinski definition) is 4. The lowest BCUT2D eigenvalue weighted by molar-refractivity contribution is -0.145. The standard InChI is InChI=1S/C13H15FN2O5/c1-7(8-4-2-3-5-9(8)14)15-13(21)16-10(12(19)20)6-11(17)18/h2-5,7,10H,6H2,1H3,(H,17,18)(H,19,20)(H2,15,16,21)/t7?,10-/m0/s1. The number of rotatable bonds is 6. The number of amides is 2. The number of hydrogen-bond acceptors (Lipinski definition) is 3. The number of carboxylic acid groups (broad SMARTS) is 2. The van der Waals surface area contributed by atoms with Crippen LogP contribution in [-0.2, 0) is 9.59 Å². The first-order valence-corrected chi connectivity index (χ1v) is 6.07. The SMILES string of the molecule is CC(NC(=O)N[C@@H](CC(=O)O)C(=O)O)c1ccccc1F. The van der Waals surface area contributed by atoms with E-state index < -0.39 is 42.3 Å². The molecule has 0 saturated heterocycles. The summed E-state index contributed by atoms with van der Waals surface area (Å²) in [6, 6.07) is 2.65. The van der Waals surface area contributed by atoms with Crippen LogP contribution < -0.4 is 10.6 Å². The van der Waals surface area contributed by atoms with Gasteiger partial charge in [-0.2, -0.15) is 0 Å². The van der Waals surface area contributed by atoms with E-state index in [0.717, 1.165) is 0 Å². The van der Waals surface area contributed by atoms with Gasteiger partial charge in [-0.1, -0.05) is 18.2 Å². The first kappa shape index (κ1) is 16.4. The van der Waals surface area contributed by atoms with Crippen molar-refractivity contribution in [2.45, 2.75) is 25.4 Å². The average Bonchev–Trinajstić information content (AvgIpc) is 2.37. The van der Waals surface area contributed by atoms with E-state index in [2.05, 4.69) is 5.32 Å². The van der Waals surface area contributed by atoms with Gasteiger partial charge in [0.2, 0.25) is 0 Å². The fourth-order valence-electron chi connectivity index (χ4n) is 1.68. The molecule has 1 aromatic carbocycles. The number of halogens is 1. The third kappa shape index (κ3) is 5.09. The summed E-state index contributed by atoms with van der Waals surface area (Å²) < 4.78 is 13.5. The third-order valence-corrected chi connectivity index (χ3v) is 2.70. The van der Waals surface area contributed by atoms with Crippen molar-refractivity contribution in [3.8, 4) is 0 Å². The van der Waals surface area contributed by atoms with Crippen LogP contribution in [0.15, 0.2) is 24.3 Å². The van der Waals surface area contributed by atoms with Gasteiger partial charge in [0.05, 0.1) is 12.5 Å². The second-order valence-corrected chi connectivity index (χ2v) is 4.35. The number of benzene rings is 1. The molecule has 0 bridgehead atoms. The number of aliphatic carboxylic acids is 2. The fourth-order valence-corrected chi connectivity index (χ4v) is 1.68. The third-order valence-electron chi connectivity index (χ3n) is 2.70. The Morgan fingerprint density at radius 2 is 1.81 bits per heavy atom. The topological polar surface area (TPSA) is 116 Å². The Morgan fingerprint density at radius 3 is 2.33 bits per heavy atom. The molecule has 0 saturated carbocycles. The van der Waals surface area contributed by atoms with Gasteiger partial charge in [0, 0.05) is 5.56 Å². The van der Waals surface area contributed by atoms with Crippen LogP contribution in [0.25, 0.3) is 0 Å². The second kappa shape index (κ2) is 7.22. The lowest BCUT2D eigenvalue weighted by Crippen LogP contribution is -2.47. The van der Waals surface area contributed by atoms with Gasteiger partial charge in [0.1, 0.15) is 11.9 Å². The minimum atomic E-state index is -1.56. The molecule has 8 heteroatoms. The van der Waals surface area contributed by atoms with E-state index in [1.54, 1.807) is 6.07 Å². The zero-order chi connectivity index (χ0) is 16.0. The molecule has 0 fully saturated rings. The molecule has 0 aliphatic rings. The molecule has 114 valence electrons. The van der Waals surface area contributed by atoms with Gasteiger partial charge in [0.15, 0.2) is 0 Å². The van der Waals surface area contributed by atoms with E-state index in [4.69, 9.17) is 10.2 Å². The van der Waals surface area contributed by atoms with Crippen molar-refractivity contribution in [2.75, 3.05) is 0 Å². The molecule has 0 aliphatic heterocycles. The molecule has 0 spiro atoms. The van der Waals surface area contributed by atoms with Crippen LogP contribution >= 0.6 is 0 Å². The van der Waals surface area contributed by atoms with Gasteiger partial charge in [-0.15, -0.1) is 0 Å². The molecule has 0 aromatic heterocycles. The summed E-state index contributed by atoms with van der Waals surface area (Å²) in [5, 5.41) is 21.7. The number of nitrogens with one attached hydrogen (secondary N) is 2. The summed E-state index contributed by atoms with van der Waals surface area (Å²) >= 11 is 0. The number of carbonyl (C=O) groups is 3. The summed E-state index contributed by atoms with van der Waals surface area (Å²) in [7, 11) is 0. The zero-order valence-electron chi connectivity index (χ0n) is 11.2. The fraction of sp³-hybridized carbons (Fsp3) is 0.308. The summed E-state index contributed by atoms with van der Waals surface area (Å²) in [4.78, 5) is 32.9. The Kier molecular flexibility index (Phi) is 5.65. The monoisotopic (exact) mass is 298 g/mol. The number of urea groups is 1. The Bertz CT molecular complexity index is 549. The second-order valence-electron chi connectivity index (χ2n) is 4.35. The van der Waals surface area contributed by atoms with Crippen molar-refractivity contribution in [1.29, 1.82) is 0 Å². The van der Waals surface area contributed by atoms with E-state index in [-0.39, 0.29) is 5.56 Å². The molecule has 7 nitrogen and oxygen atoms in total.